The van der Waals surface area contributed by atoms with Crippen LogP contribution in [0.5, 0.6) is 0 Å². The summed E-state index contributed by atoms with van der Waals surface area (Å²) >= 11 is 0. The van der Waals surface area contributed by atoms with Crippen molar-refractivity contribution in [2.75, 3.05) is 27.2 Å². The van der Waals surface area contributed by atoms with Crippen LogP contribution in [0.3, 0.4) is 0 Å². The van der Waals surface area contributed by atoms with E-state index in [0.29, 0.717) is 25.1 Å². The van der Waals surface area contributed by atoms with E-state index in [1.165, 1.54) is 6.20 Å². The molecule has 0 saturated heterocycles. The van der Waals surface area contributed by atoms with Gasteiger partial charge in [-0.2, -0.15) is 21.6 Å². The summed E-state index contributed by atoms with van der Waals surface area (Å²) in [5.74, 6) is -1.16. The quantitative estimate of drug-likeness (QED) is 0.539. The number of fused-ring (bicyclic) bond motifs is 1. The standard InChI is InChI=1S/C21H19F3N2O5S/c1-25-9-7-13(8-10-25)16-12-26(17-4-3-14(11-15(16)17)21(22,23)24)32(28,29)19-6-5-18(31-19)20(27)30-2/h3-7,11-12H,8-10H2,1-2H3. The Hall–Kier alpha value is -3.05. The van der Waals surface area contributed by atoms with Gasteiger partial charge in [0.1, 0.15) is 0 Å². The number of rotatable bonds is 4. The number of methoxy groups -OCH3 is 1. The molecule has 1 aliphatic heterocycles. The first-order valence-electron chi connectivity index (χ1n) is 9.56. The number of benzene rings is 1. The van der Waals surface area contributed by atoms with E-state index in [9.17, 15) is 26.4 Å². The summed E-state index contributed by atoms with van der Waals surface area (Å²) in [6, 6.07) is 5.18. The molecule has 0 saturated carbocycles. The molecule has 1 aliphatic rings. The number of ether oxygens (including phenoxy) is 1. The van der Waals surface area contributed by atoms with E-state index in [-0.39, 0.29) is 16.7 Å². The predicted molar refractivity (Wildman–Crippen MR) is 110 cm³/mol. The van der Waals surface area contributed by atoms with Crippen molar-refractivity contribution in [1.82, 2.24) is 8.87 Å². The lowest BCUT2D eigenvalue weighted by atomic mass is 9.98. The lowest BCUT2D eigenvalue weighted by molar-refractivity contribution is -0.137. The van der Waals surface area contributed by atoms with Crippen LogP contribution in [-0.4, -0.2) is 50.5 Å². The van der Waals surface area contributed by atoms with E-state index < -0.39 is 32.8 Å². The van der Waals surface area contributed by atoms with Gasteiger partial charge in [0, 0.05) is 30.2 Å². The third-order valence-electron chi connectivity index (χ3n) is 5.34. The van der Waals surface area contributed by atoms with Crippen molar-refractivity contribution >= 4 is 32.5 Å². The van der Waals surface area contributed by atoms with Crippen LogP contribution in [-0.2, 0) is 20.9 Å². The molecular weight excluding hydrogens is 449 g/mol. The smallest absolute Gasteiger partial charge is 0.416 e. The van der Waals surface area contributed by atoms with Crippen molar-refractivity contribution < 1.29 is 35.5 Å². The van der Waals surface area contributed by atoms with Crippen LogP contribution in [0, 0.1) is 0 Å². The second-order valence-electron chi connectivity index (χ2n) is 7.43. The molecule has 32 heavy (non-hydrogen) atoms. The van der Waals surface area contributed by atoms with E-state index in [4.69, 9.17) is 4.42 Å². The zero-order chi connectivity index (χ0) is 23.3. The van der Waals surface area contributed by atoms with E-state index in [1.54, 1.807) is 0 Å². The molecule has 1 aromatic carbocycles. The lowest BCUT2D eigenvalue weighted by Gasteiger charge is -2.21. The Morgan fingerprint density at radius 3 is 2.56 bits per heavy atom. The summed E-state index contributed by atoms with van der Waals surface area (Å²) in [6.45, 7) is 1.28. The van der Waals surface area contributed by atoms with Crippen LogP contribution >= 0.6 is 0 Å². The molecule has 0 radical (unpaired) electrons. The van der Waals surface area contributed by atoms with Gasteiger partial charge in [-0.25, -0.2) is 8.77 Å². The van der Waals surface area contributed by atoms with Crippen molar-refractivity contribution in [1.29, 1.82) is 0 Å². The molecule has 0 N–H and O–H groups in total. The average Bonchev–Trinajstić information content (AvgIpc) is 3.39. The van der Waals surface area contributed by atoms with Crippen LogP contribution in [0.1, 0.15) is 28.1 Å². The van der Waals surface area contributed by atoms with E-state index in [0.717, 1.165) is 47.0 Å². The summed E-state index contributed by atoms with van der Waals surface area (Å²) in [4.78, 5) is 13.7. The Balaban J connectivity index is 1.92. The van der Waals surface area contributed by atoms with Crippen molar-refractivity contribution in [3.63, 3.8) is 0 Å². The predicted octanol–water partition coefficient (Wildman–Crippen LogP) is 4.00. The average molecular weight is 468 g/mol. The fourth-order valence-electron chi connectivity index (χ4n) is 3.61. The molecule has 0 unspecified atom stereocenters. The Morgan fingerprint density at radius 2 is 1.94 bits per heavy atom. The molecule has 0 aliphatic carbocycles. The zero-order valence-corrected chi connectivity index (χ0v) is 18.0. The SMILES string of the molecule is COC(=O)c1ccc(S(=O)(=O)n2cc(C3=CCN(C)CC3)c3cc(C(F)(F)F)ccc32)o1. The highest BCUT2D eigenvalue weighted by molar-refractivity contribution is 7.90. The van der Waals surface area contributed by atoms with Crippen LogP contribution in [0.15, 0.2) is 52.1 Å². The number of hydrogen-bond donors (Lipinski definition) is 0. The molecule has 4 rings (SSSR count). The molecule has 0 amide bonds. The van der Waals surface area contributed by atoms with Crippen LogP contribution in [0.2, 0.25) is 0 Å². The van der Waals surface area contributed by atoms with Crippen molar-refractivity contribution in [2.45, 2.75) is 17.7 Å². The third-order valence-corrected chi connectivity index (χ3v) is 6.89. The number of esters is 1. The van der Waals surface area contributed by atoms with E-state index in [2.05, 4.69) is 4.74 Å². The number of nitrogens with zero attached hydrogens (tertiary/aromatic N) is 2. The fraction of sp³-hybridized carbons (Fsp3) is 0.286. The van der Waals surface area contributed by atoms with Gasteiger partial charge in [-0.05, 0) is 49.4 Å². The topological polar surface area (TPSA) is 81.8 Å². The molecule has 0 atom stereocenters. The Kier molecular flexibility index (Phi) is 5.41. The number of alkyl halides is 3. The number of aromatic nitrogens is 1. The molecule has 3 heterocycles. The minimum Gasteiger partial charge on any atom is -0.463 e. The maximum Gasteiger partial charge on any atom is 0.416 e. The van der Waals surface area contributed by atoms with Crippen LogP contribution in [0.25, 0.3) is 16.5 Å². The second kappa shape index (κ2) is 7.82. The monoisotopic (exact) mass is 468 g/mol. The number of furan rings is 1. The highest BCUT2D eigenvalue weighted by Crippen LogP contribution is 2.37. The molecular formula is C21H19F3N2O5S. The Morgan fingerprint density at radius 1 is 1.19 bits per heavy atom. The minimum atomic E-state index is -4.58. The number of carbonyl (C=O) groups is 1. The molecule has 2 aromatic heterocycles. The van der Waals surface area contributed by atoms with Crippen molar-refractivity contribution in [3.05, 3.63) is 59.5 Å². The number of carbonyl (C=O) groups excluding carboxylic acids is 1. The second-order valence-corrected chi connectivity index (χ2v) is 9.17. The first-order chi connectivity index (χ1) is 15.0. The van der Waals surface area contributed by atoms with Gasteiger partial charge in [-0.1, -0.05) is 6.08 Å². The molecule has 0 fully saturated rings. The van der Waals surface area contributed by atoms with Gasteiger partial charge >= 0.3 is 22.2 Å². The van der Waals surface area contributed by atoms with Gasteiger partial charge in [-0.15, -0.1) is 0 Å². The molecule has 7 nitrogen and oxygen atoms in total. The summed E-state index contributed by atoms with van der Waals surface area (Å²) in [7, 11) is -1.30. The number of likely N-dealkylation sites (N-methyl/N-ethyl adjacent to an activating group) is 1. The van der Waals surface area contributed by atoms with Gasteiger partial charge < -0.3 is 14.1 Å². The van der Waals surface area contributed by atoms with E-state index >= 15 is 0 Å². The maximum atomic E-state index is 13.4. The first kappa shape index (κ1) is 22.2. The van der Waals surface area contributed by atoms with Crippen LogP contribution in [0.4, 0.5) is 13.2 Å². The molecule has 3 aromatic rings. The lowest BCUT2D eigenvalue weighted by Crippen LogP contribution is -2.23. The third kappa shape index (κ3) is 3.82. The number of hydrogen-bond acceptors (Lipinski definition) is 6. The van der Waals surface area contributed by atoms with Crippen molar-refractivity contribution in [3.8, 4) is 0 Å². The molecule has 170 valence electrons. The Bertz CT molecular complexity index is 1340. The normalized spacial score (nSPS) is 15.7. The van der Waals surface area contributed by atoms with Gasteiger partial charge in [0.05, 0.1) is 18.2 Å². The zero-order valence-electron chi connectivity index (χ0n) is 17.1. The summed E-state index contributed by atoms with van der Waals surface area (Å²) in [5, 5.41) is -0.363. The minimum absolute atomic E-state index is 0.0730. The van der Waals surface area contributed by atoms with Crippen molar-refractivity contribution in [2.24, 2.45) is 0 Å². The Labute approximate surface area is 181 Å². The van der Waals surface area contributed by atoms with Gasteiger partial charge in [0.2, 0.25) is 10.9 Å². The van der Waals surface area contributed by atoms with Gasteiger partial charge in [0.25, 0.3) is 0 Å². The summed E-state index contributed by atoms with van der Waals surface area (Å²) in [6.07, 6.45) is -0.849. The molecule has 11 heteroatoms. The highest BCUT2D eigenvalue weighted by atomic mass is 32.2. The summed E-state index contributed by atoms with van der Waals surface area (Å²) in [5.41, 5.74) is 0.364. The van der Waals surface area contributed by atoms with E-state index in [1.807, 2.05) is 18.0 Å². The molecule has 0 spiro atoms. The number of halogens is 3. The summed E-state index contributed by atoms with van der Waals surface area (Å²) < 4.78 is 77.2. The van der Waals surface area contributed by atoms with Gasteiger partial charge in [0.15, 0.2) is 0 Å². The maximum absolute atomic E-state index is 13.4. The largest absolute Gasteiger partial charge is 0.463 e. The van der Waals surface area contributed by atoms with Crippen LogP contribution < -0.4 is 0 Å². The fourth-order valence-corrected chi connectivity index (χ4v) is 4.90. The molecule has 0 bridgehead atoms. The first-order valence-corrected chi connectivity index (χ1v) is 11.0. The van der Waals surface area contributed by atoms with Gasteiger partial charge in [-0.3, -0.25) is 0 Å². The highest BCUT2D eigenvalue weighted by Gasteiger charge is 2.33.